The highest BCUT2D eigenvalue weighted by Gasteiger charge is 2.03. The van der Waals surface area contributed by atoms with Crippen LogP contribution in [0.15, 0.2) is 24.3 Å². The summed E-state index contributed by atoms with van der Waals surface area (Å²) in [5, 5.41) is 9.65. The Bertz CT molecular complexity index is 484. The smallest absolute Gasteiger partial charge is 0.384 e. The molecule has 1 aromatic rings. The van der Waals surface area contributed by atoms with Crippen LogP contribution in [0.3, 0.4) is 0 Å². The van der Waals surface area contributed by atoms with Crippen molar-refractivity contribution in [1.82, 2.24) is 0 Å². The molecule has 0 saturated carbocycles. The van der Waals surface area contributed by atoms with Gasteiger partial charge in [0.2, 0.25) is 0 Å². The van der Waals surface area contributed by atoms with E-state index in [1.807, 2.05) is 24.3 Å². The van der Waals surface area contributed by atoms with Crippen molar-refractivity contribution in [3.8, 4) is 17.6 Å². The number of hydrogen-bond donors (Lipinski definition) is 1. The van der Waals surface area contributed by atoms with Gasteiger partial charge in [0.25, 0.3) is 0 Å². The number of benzene rings is 1. The predicted molar refractivity (Wildman–Crippen MR) is 77.7 cm³/mol. The SMILES string of the molecule is CCOC(=O)C#CC[C@@H](O)COCc1ccc(OC)cc1. The van der Waals surface area contributed by atoms with Gasteiger partial charge in [0.1, 0.15) is 5.75 Å². The van der Waals surface area contributed by atoms with E-state index >= 15 is 0 Å². The van der Waals surface area contributed by atoms with E-state index in [0.717, 1.165) is 11.3 Å². The van der Waals surface area contributed by atoms with E-state index in [0.29, 0.717) is 13.2 Å². The maximum atomic E-state index is 11.0. The second-order valence-corrected chi connectivity index (χ2v) is 4.24. The van der Waals surface area contributed by atoms with E-state index in [2.05, 4.69) is 16.6 Å². The van der Waals surface area contributed by atoms with Crippen LogP contribution in [-0.4, -0.2) is 37.5 Å². The molecule has 0 spiro atoms. The number of hydrogen-bond acceptors (Lipinski definition) is 5. The first-order valence-electron chi connectivity index (χ1n) is 6.70. The van der Waals surface area contributed by atoms with Gasteiger partial charge in [0, 0.05) is 12.3 Å². The monoisotopic (exact) mass is 292 g/mol. The van der Waals surface area contributed by atoms with E-state index in [9.17, 15) is 9.90 Å². The molecule has 114 valence electrons. The summed E-state index contributed by atoms with van der Waals surface area (Å²) < 4.78 is 15.1. The highest BCUT2D eigenvalue weighted by Crippen LogP contribution is 2.12. The van der Waals surface area contributed by atoms with Crippen molar-refractivity contribution in [1.29, 1.82) is 0 Å². The first kappa shape index (κ1) is 17.0. The summed E-state index contributed by atoms with van der Waals surface area (Å²) >= 11 is 0. The molecule has 1 rings (SSSR count). The fraction of sp³-hybridized carbons (Fsp3) is 0.438. The Labute approximate surface area is 124 Å². The first-order valence-corrected chi connectivity index (χ1v) is 6.70. The van der Waals surface area contributed by atoms with E-state index in [-0.39, 0.29) is 13.0 Å². The molecular weight excluding hydrogens is 272 g/mol. The van der Waals surface area contributed by atoms with Crippen molar-refractivity contribution in [3.05, 3.63) is 29.8 Å². The molecule has 0 unspecified atom stereocenters. The second kappa shape index (κ2) is 9.81. The van der Waals surface area contributed by atoms with Gasteiger partial charge in [-0.25, -0.2) is 4.79 Å². The third-order valence-corrected chi connectivity index (χ3v) is 2.54. The number of carbonyl (C=O) groups is 1. The highest BCUT2D eigenvalue weighted by molar-refractivity contribution is 5.88. The highest BCUT2D eigenvalue weighted by atomic mass is 16.5. The van der Waals surface area contributed by atoms with Crippen LogP contribution in [0.5, 0.6) is 5.75 Å². The molecular formula is C16H20O5. The molecule has 0 aliphatic heterocycles. The zero-order valence-corrected chi connectivity index (χ0v) is 12.3. The molecule has 1 aromatic carbocycles. The molecule has 5 heteroatoms. The van der Waals surface area contributed by atoms with Gasteiger partial charge in [-0.1, -0.05) is 18.1 Å². The summed E-state index contributed by atoms with van der Waals surface area (Å²) in [4.78, 5) is 11.0. The van der Waals surface area contributed by atoms with Gasteiger partial charge in [0.05, 0.1) is 33.0 Å². The van der Waals surface area contributed by atoms with Gasteiger partial charge in [-0.2, -0.15) is 0 Å². The minimum Gasteiger partial charge on any atom is -0.497 e. The second-order valence-electron chi connectivity index (χ2n) is 4.24. The normalized spacial score (nSPS) is 11.2. The van der Waals surface area contributed by atoms with E-state index in [1.54, 1.807) is 14.0 Å². The fourth-order valence-electron chi connectivity index (χ4n) is 1.50. The molecule has 0 amide bonds. The lowest BCUT2D eigenvalue weighted by Gasteiger charge is -2.08. The molecule has 1 N–H and O–H groups in total. The Morgan fingerprint density at radius 1 is 1.33 bits per heavy atom. The Balaban J connectivity index is 2.23. The number of ether oxygens (including phenoxy) is 3. The van der Waals surface area contributed by atoms with E-state index in [4.69, 9.17) is 9.47 Å². The molecule has 0 aliphatic rings. The maximum Gasteiger partial charge on any atom is 0.384 e. The Morgan fingerprint density at radius 2 is 2.05 bits per heavy atom. The Morgan fingerprint density at radius 3 is 2.67 bits per heavy atom. The average Bonchev–Trinajstić information content (AvgIpc) is 2.48. The third-order valence-electron chi connectivity index (χ3n) is 2.54. The van der Waals surface area contributed by atoms with E-state index in [1.165, 1.54) is 0 Å². The lowest BCUT2D eigenvalue weighted by molar-refractivity contribution is -0.136. The summed E-state index contributed by atoms with van der Waals surface area (Å²) in [5.74, 6) is 5.06. The van der Waals surface area contributed by atoms with Crippen molar-refractivity contribution in [2.75, 3.05) is 20.3 Å². The summed E-state index contributed by atoms with van der Waals surface area (Å²) in [5.41, 5.74) is 0.987. The zero-order chi connectivity index (χ0) is 15.5. The summed E-state index contributed by atoms with van der Waals surface area (Å²) in [6.45, 7) is 2.55. The van der Waals surface area contributed by atoms with Crippen molar-refractivity contribution in [2.24, 2.45) is 0 Å². The molecule has 1 atom stereocenters. The first-order chi connectivity index (χ1) is 10.2. The fourth-order valence-corrected chi connectivity index (χ4v) is 1.50. The molecule has 0 fully saturated rings. The third kappa shape index (κ3) is 7.35. The molecule has 5 nitrogen and oxygen atoms in total. The molecule has 0 aromatic heterocycles. The largest absolute Gasteiger partial charge is 0.497 e. The van der Waals surface area contributed by atoms with Crippen LogP contribution in [-0.2, 0) is 20.9 Å². The number of aliphatic hydroxyl groups is 1. The standard InChI is InChI=1S/C16H20O5/c1-3-21-16(18)6-4-5-14(17)12-20-11-13-7-9-15(19-2)10-8-13/h7-10,14,17H,3,5,11-12H2,1-2H3/t14-/m1/s1. The van der Waals surface area contributed by atoms with Crippen molar-refractivity contribution >= 4 is 5.97 Å². The molecule has 0 saturated heterocycles. The number of methoxy groups -OCH3 is 1. The summed E-state index contributed by atoms with van der Waals surface area (Å²) in [6.07, 6.45) is -0.563. The van der Waals surface area contributed by atoms with E-state index < -0.39 is 12.1 Å². The van der Waals surface area contributed by atoms with Gasteiger partial charge in [0.15, 0.2) is 0 Å². The Kier molecular flexibility index (Phi) is 7.95. The predicted octanol–water partition coefficient (Wildman–Crippen LogP) is 1.53. The quantitative estimate of drug-likeness (QED) is 0.469. The summed E-state index contributed by atoms with van der Waals surface area (Å²) in [6, 6.07) is 7.48. The van der Waals surface area contributed by atoms with Gasteiger partial charge < -0.3 is 19.3 Å². The van der Waals surface area contributed by atoms with Crippen LogP contribution >= 0.6 is 0 Å². The van der Waals surface area contributed by atoms with Crippen LogP contribution in [0.2, 0.25) is 0 Å². The minimum absolute atomic E-state index is 0.156. The van der Waals surface area contributed by atoms with Crippen molar-refractivity contribution in [2.45, 2.75) is 26.1 Å². The topological polar surface area (TPSA) is 65.0 Å². The van der Waals surface area contributed by atoms with Crippen LogP contribution < -0.4 is 4.74 Å². The van der Waals surface area contributed by atoms with Gasteiger partial charge in [-0.3, -0.25) is 0 Å². The van der Waals surface area contributed by atoms with Gasteiger partial charge in [-0.05, 0) is 24.6 Å². The maximum absolute atomic E-state index is 11.0. The zero-order valence-electron chi connectivity index (χ0n) is 12.3. The van der Waals surface area contributed by atoms with Crippen molar-refractivity contribution in [3.63, 3.8) is 0 Å². The van der Waals surface area contributed by atoms with Crippen LogP contribution in [0.4, 0.5) is 0 Å². The van der Waals surface area contributed by atoms with Crippen LogP contribution in [0.1, 0.15) is 18.9 Å². The molecule has 21 heavy (non-hydrogen) atoms. The summed E-state index contributed by atoms with van der Waals surface area (Å²) in [7, 11) is 1.61. The minimum atomic E-state index is -0.731. The number of rotatable bonds is 7. The lowest BCUT2D eigenvalue weighted by atomic mass is 10.2. The van der Waals surface area contributed by atoms with Crippen LogP contribution in [0, 0.1) is 11.8 Å². The van der Waals surface area contributed by atoms with Gasteiger partial charge >= 0.3 is 5.97 Å². The van der Waals surface area contributed by atoms with Crippen LogP contribution in [0.25, 0.3) is 0 Å². The number of carbonyl (C=O) groups excluding carboxylic acids is 1. The average molecular weight is 292 g/mol. The molecule has 0 radical (unpaired) electrons. The molecule has 0 aliphatic carbocycles. The lowest BCUT2D eigenvalue weighted by Crippen LogP contribution is -2.14. The van der Waals surface area contributed by atoms with Crippen molar-refractivity contribution < 1.29 is 24.1 Å². The molecule has 0 heterocycles. The number of aliphatic hydroxyl groups excluding tert-OH is 1. The molecule has 0 bridgehead atoms. The van der Waals surface area contributed by atoms with Gasteiger partial charge in [-0.15, -0.1) is 0 Å². The Hall–Kier alpha value is -2.03. The number of esters is 1.